The summed E-state index contributed by atoms with van der Waals surface area (Å²) in [5, 5.41) is 0.532. The molecule has 0 aromatic carbocycles. The molecule has 2 fully saturated rings. The molecule has 0 aliphatic carbocycles. The van der Waals surface area contributed by atoms with Crippen LogP contribution in [0.3, 0.4) is 0 Å². The van der Waals surface area contributed by atoms with E-state index in [9.17, 15) is 19.2 Å². The molecule has 0 radical (unpaired) electrons. The number of fused-ring (bicyclic) bond motifs is 1. The number of aromatic nitrogens is 1. The molecule has 252 valence electrons. The second kappa shape index (κ2) is 15.3. The first-order chi connectivity index (χ1) is 21.0. The molecule has 2 saturated heterocycles. The van der Waals surface area contributed by atoms with Gasteiger partial charge in [0, 0.05) is 44.3 Å². The molecule has 10 nitrogen and oxygen atoms in total. The van der Waals surface area contributed by atoms with Crippen LogP contribution in [0.25, 0.3) is 6.08 Å². The van der Waals surface area contributed by atoms with Crippen LogP contribution in [0, 0.1) is 23.2 Å². The quantitative estimate of drug-likeness (QED) is 0.147. The Morgan fingerprint density at radius 2 is 1.82 bits per heavy atom. The summed E-state index contributed by atoms with van der Waals surface area (Å²) in [6.45, 7) is 17.4. The van der Waals surface area contributed by atoms with E-state index < -0.39 is 29.6 Å². The van der Waals surface area contributed by atoms with Crippen LogP contribution in [0.2, 0.25) is 0 Å². The van der Waals surface area contributed by atoms with Crippen molar-refractivity contribution in [2.75, 3.05) is 19.4 Å². The van der Waals surface area contributed by atoms with Gasteiger partial charge in [-0.2, -0.15) is 0 Å². The van der Waals surface area contributed by atoms with Gasteiger partial charge in [0.2, 0.25) is 0 Å². The third-order valence-corrected chi connectivity index (χ3v) is 10.7. The second-order valence-electron chi connectivity index (χ2n) is 13.7. The highest BCUT2D eigenvalue weighted by atomic mass is 32.2. The highest BCUT2D eigenvalue weighted by molar-refractivity contribution is 7.98. The molecule has 0 bridgehead atoms. The minimum atomic E-state index is -1.10. The maximum Gasteiger partial charge on any atom is 0.310 e. The van der Waals surface area contributed by atoms with Crippen molar-refractivity contribution in [1.82, 2.24) is 9.88 Å². The van der Waals surface area contributed by atoms with E-state index >= 15 is 0 Å². The maximum absolute atomic E-state index is 13.9. The van der Waals surface area contributed by atoms with Crippen LogP contribution in [0.15, 0.2) is 21.5 Å². The molecule has 11 heteroatoms. The lowest BCUT2D eigenvalue weighted by Crippen LogP contribution is -2.46. The lowest BCUT2D eigenvalue weighted by Gasteiger charge is -2.37. The van der Waals surface area contributed by atoms with Gasteiger partial charge in [0.05, 0.1) is 11.8 Å². The van der Waals surface area contributed by atoms with Crippen LogP contribution in [0.5, 0.6) is 0 Å². The van der Waals surface area contributed by atoms with Crippen LogP contribution in [0.1, 0.15) is 100 Å². The fraction of sp³-hybridized carbons (Fsp3) is 0.735. The third kappa shape index (κ3) is 9.21. The number of ketones is 1. The molecule has 2 aliphatic heterocycles. The van der Waals surface area contributed by atoms with Crippen molar-refractivity contribution in [3.63, 3.8) is 0 Å². The summed E-state index contributed by atoms with van der Waals surface area (Å²) < 4.78 is 22.6. The van der Waals surface area contributed by atoms with Crippen LogP contribution in [0.4, 0.5) is 0 Å². The summed E-state index contributed by atoms with van der Waals surface area (Å²) in [6, 6.07) is 0.0788. The highest BCUT2D eigenvalue weighted by Crippen LogP contribution is 2.48. The summed E-state index contributed by atoms with van der Waals surface area (Å²) in [5.41, 5.74) is 0.129. The Balaban J connectivity index is 2.00. The van der Waals surface area contributed by atoms with E-state index in [1.54, 1.807) is 20.1 Å². The Labute approximate surface area is 272 Å². The lowest BCUT2D eigenvalue weighted by atomic mass is 9.70. The Kier molecular flexibility index (Phi) is 12.5. The molecule has 1 aromatic rings. The standard InChI is InChI=1S/C34H52N2O8S/c1-20-12-11-13-34(9)28(36(34)14-15-41-24(5)37)17-27(21(2)16-26-19-42-32(35-26)45-10)44-30(39)18-29(43-25(6)38)33(7,8)31(40)23(4)22(20)3/h16,19-20,22-23,27-29H,11-15,17-18H2,1-10H3/b21-16+/t20-,22-,23+,27-,28-,29-,34+,36?/m0/s1. The van der Waals surface area contributed by atoms with Gasteiger partial charge in [0.1, 0.15) is 36.6 Å². The molecule has 3 heterocycles. The second-order valence-corrected chi connectivity index (χ2v) is 14.4. The Bertz CT molecular complexity index is 1260. The first kappa shape index (κ1) is 36.8. The molecular weight excluding hydrogens is 596 g/mol. The van der Waals surface area contributed by atoms with Gasteiger partial charge in [0.15, 0.2) is 0 Å². The number of carbonyl (C=O) groups is 4. The van der Waals surface area contributed by atoms with E-state index in [2.05, 4.69) is 30.7 Å². The van der Waals surface area contributed by atoms with Crippen LogP contribution < -0.4 is 0 Å². The SMILES string of the molecule is CSc1nc(/C=C(\C)[C@@H]2C[C@@H]3N(CCOC(C)=O)[C@]3(C)CCC[C@H](C)[C@H](C)[C@@H](C)C(=O)C(C)(C)[C@@H](OC(C)=O)CC(=O)O2)co1. The van der Waals surface area contributed by atoms with Crippen molar-refractivity contribution in [2.24, 2.45) is 23.2 Å². The summed E-state index contributed by atoms with van der Waals surface area (Å²) in [7, 11) is 0. The van der Waals surface area contributed by atoms with Gasteiger partial charge in [-0.3, -0.25) is 24.1 Å². The van der Waals surface area contributed by atoms with Gasteiger partial charge < -0.3 is 18.6 Å². The number of thioether (sulfide) groups is 1. The zero-order valence-corrected chi connectivity index (χ0v) is 29.5. The van der Waals surface area contributed by atoms with E-state index in [4.69, 9.17) is 18.6 Å². The fourth-order valence-corrected chi connectivity index (χ4v) is 7.12. The minimum Gasteiger partial charge on any atom is -0.465 e. The molecule has 3 rings (SSSR count). The summed E-state index contributed by atoms with van der Waals surface area (Å²) in [5.74, 6) is -1.39. The Morgan fingerprint density at radius 1 is 1.13 bits per heavy atom. The maximum atomic E-state index is 13.9. The molecule has 0 spiro atoms. The summed E-state index contributed by atoms with van der Waals surface area (Å²) in [6.07, 6.45) is 6.79. The average molecular weight is 649 g/mol. The smallest absolute Gasteiger partial charge is 0.310 e. The first-order valence-corrected chi connectivity index (χ1v) is 17.2. The number of nitrogens with zero attached hydrogens (tertiary/aromatic N) is 2. The van der Waals surface area contributed by atoms with Crippen LogP contribution in [-0.4, -0.2) is 76.8 Å². The molecule has 45 heavy (non-hydrogen) atoms. The molecule has 0 amide bonds. The van der Waals surface area contributed by atoms with Gasteiger partial charge >= 0.3 is 17.9 Å². The first-order valence-electron chi connectivity index (χ1n) is 16.0. The lowest BCUT2D eigenvalue weighted by molar-refractivity contribution is -0.165. The predicted molar refractivity (Wildman–Crippen MR) is 172 cm³/mol. The molecule has 0 N–H and O–H groups in total. The van der Waals surface area contributed by atoms with E-state index in [0.717, 1.165) is 24.8 Å². The summed E-state index contributed by atoms with van der Waals surface area (Å²) >= 11 is 1.39. The van der Waals surface area contributed by atoms with Crippen LogP contribution >= 0.6 is 11.8 Å². The molecule has 0 saturated carbocycles. The predicted octanol–water partition coefficient (Wildman–Crippen LogP) is 6.12. The zero-order chi connectivity index (χ0) is 33.7. The number of esters is 3. The van der Waals surface area contributed by atoms with E-state index in [-0.39, 0.29) is 54.1 Å². The summed E-state index contributed by atoms with van der Waals surface area (Å²) in [4.78, 5) is 58.0. The minimum absolute atomic E-state index is 0.0397. The van der Waals surface area contributed by atoms with Gasteiger partial charge in [-0.05, 0) is 63.9 Å². The van der Waals surface area contributed by atoms with Gasteiger partial charge in [-0.15, -0.1) is 0 Å². The normalized spacial score (nSPS) is 33.1. The largest absolute Gasteiger partial charge is 0.465 e. The Morgan fingerprint density at radius 3 is 2.42 bits per heavy atom. The van der Waals surface area contributed by atoms with Crippen molar-refractivity contribution in [3.05, 3.63) is 17.5 Å². The fourth-order valence-electron chi connectivity index (χ4n) is 6.78. The topological polar surface area (TPSA) is 125 Å². The van der Waals surface area contributed by atoms with Crippen LogP contribution in [-0.2, 0) is 33.4 Å². The number of Topliss-reactive ketones (excluding diaryl/α,β-unsaturated/α-hetero) is 1. The number of hydrogen-bond donors (Lipinski definition) is 0. The number of rotatable bonds is 7. The third-order valence-electron chi connectivity index (χ3n) is 10.1. The van der Waals surface area contributed by atoms with E-state index in [0.29, 0.717) is 23.9 Å². The van der Waals surface area contributed by atoms with Crippen molar-refractivity contribution < 1.29 is 37.8 Å². The molecule has 8 atom stereocenters. The van der Waals surface area contributed by atoms with Crippen molar-refractivity contribution >= 4 is 41.5 Å². The van der Waals surface area contributed by atoms with E-state index in [1.165, 1.54) is 25.6 Å². The number of cyclic esters (lactones) is 1. The Hall–Kier alpha value is -2.66. The highest BCUT2D eigenvalue weighted by Gasteiger charge is 2.58. The number of carbonyl (C=O) groups excluding carboxylic acids is 4. The zero-order valence-electron chi connectivity index (χ0n) is 28.6. The van der Waals surface area contributed by atoms with Gasteiger partial charge in [-0.1, -0.05) is 45.4 Å². The molecule has 2 aliphatic rings. The molecule has 1 unspecified atom stereocenters. The molecule has 1 aromatic heterocycles. The monoisotopic (exact) mass is 648 g/mol. The number of ether oxygens (including phenoxy) is 3. The van der Waals surface area contributed by atoms with E-state index in [1.807, 2.05) is 26.2 Å². The average Bonchev–Trinajstić information content (AvgIpc) is 3.26. The number of oxazole rings is 1. The number of hydrogen-bond acceptors (Lipinski definition) is 11. The van der Waals surface area contributed by atoms with Crippen molar-refractivity contribution in [2.45, 2.75) is 123 Å². The van der Waals surface area contributed by atoms with Crippen molar-refractivity contribution in [1.29, 1.82) is 0 Å². The molecular formula is C34H52N2O8S. The van der Waals surface area contributed by atoms with Gasteiger partial charge in [0.25, 0.3) is 5.22 Å². The van der Waals surface area contributed by atoms with Gasteiger partial charge in [-0.25, -0.2) is 4.98 Å². The van der Waals surface area contributed by atoms with Crippen molar-refractivity contribution in [3.8, 4) is 0 Å².